The van der Waals surface area contributed by atoms with Crippen LogP contribution in [-0.2, 0) is 18.9 Å². The summed E-state index contributed by atoms with van der Waals surface area (Å²) in [4.78, 5) is 0. The van der Waals surface area contributed by atoms with Crippen LogP contribution >= 0.6 is 0 Å². The summed E-state index contributed by atoms with van der Waals surface area (Å²) in [5.41, 5.74) is 0. The zero-order valence-electron chi connectivity index (χ0n) is 8.44. The van der Waals surface area contributed by atoms with E-state index < -0.39 is 0 Å². The first kappa shape index (κ1) is 11.7. The third kappa shape index (κ3) is 7.03. The molecule has 4 heteroatoms. The van der Waals surface area contributed by atoms with Gasteiger partial charge in [0.25, 0.3) is 0 Å². The second-order valence-corrected chi connectivity index (χ2v) is 2.85. The van der Waals surface area contributed by atoms with Gasteiger partial charge < -0.3 is 18.9 Å². The normalized spacial score (nSPS) is 25.1. The lowest BCUT2D eigenvalue weighted by atomic mass is 10.5. The molecule has 1 heterocycles. The highest BCUT2D eigenvalue weighted by Crippen LogP contribution is 1.86. The first-order valence-electron chi connectivity index (χ1n) is 4.96. The van der Waals surface area contributed by atoms with Crippen molar-refractivity contribution in [3.63, 3.8) is 0 Å². The van der Waals surface area contributed by atoms with Gasteiger partial charge in [0.1, 0.15) is 0 Å². The van der Waals surface area contributed by atoms with Gasteiger partial charge in [-0.2, -0.15) is 0 Å². The summed E-state index contributed by atoms with van der Waals surface area (Å²) in [5, 5.41) is 0. The molecule has 0 aromatic rings. The summed E-state index contributed by atoms with van der Waals surface area (Å²) < 4.78 is 21.1. The average Bonchev–Trinajstić information content (AvgIpc) is 2.22. The van der Waals surface area contributed by atoms with Crippen LogP contribution in [0.4, 0.5) is 0 Å². The van der Waals surface area contributed by atoms with Crippen LogP contribution in [0.3, 0.4) is 0 Å². The van der Waals surface area contributed by atoms with Crippen molar-refractivity contribution in [2.24, 2.45) is 0 Å². The summed E-state index contributed by atoms with van der Waals surface area (Å²) in [6.45, 7) is 5.03. The van der Waals surface area contributed by atoms with E-state index in [-0.39, 0.29) is 0 Å². The molecule has 1 rings (SSSR count). The predicted molar refractivity (Wildman–Crippen MR) is 52.4 cm³/mol. The van der Waals surface area contributed by atoms with Crippen molar-refractivity contribution in [2.45, 2.75) is 0 Å². The highest BCUT2D eigenvalue weighted by molar-refractivity contribution is 4.81. The van der Waals surface area contributed by atoms with E-state index in [0.717, 1.165) is 0 Å². The molecule has 0 radical (unpaired) electrons. The van der Waals surface area contributed by atoms with Crippen LogP contribution in [0.1, 0.15) is 0 Å². The Bertz CT molecular complexity index is 131. The summed E-state index contributed by atoms with van der Waals surface area (Å²) in [7, 11) is 0. The molecule has 1 aliphatic heterocycles. The fraction of sp³-hybridized carbons (Fsp3) is 0.800. The molecule has 0 spiro atoms. The highest BCUT2D eigenvalue weighted by atomic mass is 16.6. The van der Waals surface area contributed by atoms with Gasteiger partial charge in [-0.05, 0) is 0 Å². The van der Waals surface area contributed by atoms with Gasteiger partial charge in [-0.25, -0.2) is 0 Å². The molecule has 0 aliphatic carbocycles. The van der Waals surface area contributed by atoms with E-state index in [9.17, 15) is 0 Å². The monoisotopic (exact) mass is 202 g/mol. The summed E-state index contributed by atoms with van der Waals surface area (Å²) >= 11 is 0. The Labute approximate surface area is 84.8 Å². The topological polar surface area (TPSA) is 36.9 Å². The minimum Gasteiger partial charge on any atom is -0.377 e. The molecule has 14 heavy (non-hydrogen) atoms. The molecule has 0 bridgehead atoms. The summed E-state index contributed by atoms with van der Waals surface area (Å²) in [6.07, 6.45) is 3.90. The van der Waals surface area contributed by atoms with Crippen molar-refractivity contribution >= 4 is 0 Å². The molecular weight excluding hydrogens is 184 g/mol. The maximum Gasteiger partial charge on any atom is 0.0704 e. The molecule has 0 fully saturated rings. The number of hydrogen-bond acceptors (Lipinski definition) is 4. The third-order valence-electron chi connectivity index (χ3n) is 1.71. The molecule has 82 valence electrons. The molecule has 0 N–H and O–H groups in total. The molecule has 0 amide bonds. The Morgan fingerprint density at radius 1 is 0.500 bits per heavy atom. The molecular formula is C10H18O4. The fourth-order valence-corrected chi connectivity index (χ4v) is 0.997. The van der Waals surface area contributed by atoms with Gasteiger partial charge in [0.05, 0.1) is 52.9 Å². The van der Waals surface area contributed by atoms with Crippen molar-refractivity contribution in [1.29, 1.82) is 0 Å². The molecule has 1 aliphatic rings. The van der Waals surface area contributed by atoms with E-state index in [1.807, 2.05) is 12.2 Å². The number of hydrogen-bond donors (Lipinski definition) is 0. The van der Waals surface area contributed by atoms with Gasteiger partial charge in [0.15, 0.2) is 0 Å². The maximum atomic E-state index is 5.27. The van der Waals surface area contributed by atoms with Gasteiger partial charge in [-0.1, -0.05) is 12.2 Å². The Morgan fingerprint density at radius 3 is 1.29 bits per heavy atom. The lowest BCUT2D eigenvalue weighted by Gasteiger charge is -2.07. The highest BCUT2D eigenvalue weighted by Gasteiger charge is 1.92. The van der Waals surface area contributed by atoms with Crippen LogP contribution in [0.2, 0.25) is 0 Å². The van der Waals surface area contributed by atoms with Crippen LogP contribution < -0.4 is 0 Å². The maximum absolute atomic E-state index is 5.27. The molecule has 0 saturated carbocycles. The molecule has 0 saturated heterocycles. The SMILES string of the molecule is C1=C/COCCOCCOCCOC/1. The minimum atomic E-state index is 0.624. The Hall–Kier alpha value is -0.420. The summed E-state index contributed by atoms with van der Waals surface area (Å²) in [5.74, 6) is 0. The lowest BCUT2D eigenvalue weighted by molar-refractivity contribution is 0.00227. The van der Waals surface area contributed by atoms with Crippen LogP contribution in [0.15, 0.2) is 12.2 Å². The lowest BCUT2D eigenvalue weighted by Crippen LogP contribution is -2.12. The zero-order valence-corrected chi connectivity index (χ0v) is 8.44. The molecule has 4 nitrogen and oxygen atoms in total. The van der Waals surface area contributed by atoms with Crippen molar-refractivity contribution in [3.05, 3.63) is 12.2 Å². The zero-order chi connectivity index (χ0) is 9.90. The smallest absolute Gasteiger partial charge is 0.0704 e. The third-order valence-corrected chi connectivity index (χ3v) is 1.71. The van der Waals surface area contributed by atoms with Gasteiger partial charge in [-0.15, -0.1) is 0 Å². The first-order chi connectivity index (χ1) is 7.00. The van der Waals surface area contributed by atoms with E-state index in [4.69, 9.17) is 18.9 Å². The van der Waals surface area contributed by atoms with Gasteiger partial charge in [-0.3, -0.25) is 0 Å². The summed E-state index contributed by atoms with van der Waals surface area (Å²) in [6, 6.07) is 0. The van der Waals surface area contributed by atoms with Crippen LogP contribution in [0.5, 0.6) is 0 Å². The van der Waals surface area contributed by atoms with Crippen LogP contribution in [0, 0.1) is 0 Å². The van der Waals surface area contributed by atoms with Gasteiger partial charge >= 0.3 is 0 Å². The van der Waals surface area contributed by atoms with E-state index in [1.165, 1.54) is 0 Å². The van der Waals surface area contributed by atoms with Crippen molar-refractivity contribution < 1.29 is 18.9 Å². The van der Waals surface area contributed by atoms with Crippen LogP contribution in [0.25, 0.3) is 0 Å². The molecule has 0 aromatic heterocycles. The van der Waals surface area contributed by atoms with Crippen molar-refractivity contribution in [2.75, 3.05) is 52.9 Å². The average molecular weight is 202 g/mol. The van der Waals surface area contributed by atoms with Crippen molar-refractivity contribution in [1.82, 2.24) is 0 Å². The fourth-order valence-electron chi connectivity index (χ4n) is 0.997. The number of ether oxygens (including phenoxy) is 4. The van der Waals surface area contributed by atoms with Crippen LogP contribution in [-0.4, -0.2) is 52.9 Å². The van der Waals surface area contributed by atoms with Crippen molar-refractivity contribution in [3.8, 4) is 0 Å². The van der Waals surface area contributed by atoms with E-state index >= 15 is 0 Å². The predicted octanol–water partition coefficient (Wildman–Crippen LogP) is 0.623. The molecule has 0 aromatic carbocycles. The second kappa shape index (κ2) is 9.15. The largest absolute Gasteiger partial charge is 0.377 e. The quantitative estimate of drug-likeness (QED) is 0.540. The standard InChI is InChI=1S/C10H18O4/c1-2-4-12-6-8-14-10-9-13-7-5-11-3-1/h1-2H,3-10H2/b2-1+. The van der Waals surface area contributed by atoms with E-state index in [2.05, 4.69) is 0 Å². The minimum absolute atomic E-state index is 0.624. The molecule has 0 atom stereocenters. The van der Waals surface area contributed by atoms with E-state index in [0.29, 0.717) is 52.9 Å². The second-order valence-electron chi connectivity index (χ2n) is 2.85. The molecule has 0 unspecified atom stereocenters. The van der Waals surface area contributed by atoms with Gasteiger partial charge in [0, 0.05) is 0 Å². The van der Waals surface area contributed by atoms with E-state index in [1.54, 1.807) is 0 Å². The van der Waals surface area contributed by atoms with Gasteiger partial charge in [0.2, 0.25) is 0 Å². The Kier molecular flexibility index (Phi) is 7.61. The number of rotatable bonds is 0. The Balaban J connectivity index is 2.09. The Morgan fingerprint density at radius 2 is 0.857 bits per heavy atom. The first-order valence-corrected chi connectivity index (χ1v) is 4.96.